The molecule has 0 spiro atoms. The summed E-state index contributed by atoms with van der Waals surface area (Å²) in [7, 11) is 0. The lowest BCUT2D eigenvalue weighted by Gasteiger charge is -2.01. The fourth-order valence-electron chi connectivity index (χ4n) is 1.83. The van der Waals surface area contributed by atoms with Crippen molar-refractivity contribution in [2.45, 2.75) is 51.4 Å². The van der Waals surface area contributed by atoms with Crippen LogP contribution in [0, 0.1) is 0 Å². The molecule has 0 atom stereocenters. The van der Waals surface area contributed by atoms with E-state index in [-0.39, 0.29) is 0 Å². The van der Waals surface area contributed by atoms with Crippen LogP contribution in [0.2, 0.25) is 0 Å². The van der Waals surface area contributed by atoms with Gasteiger partial charge in [-0.3, -0.25) is 0 Å². The lowest BCUT2D eigenvalue weighted by Crippen LogP contribution is -1.82. The summed E-state index contributed by atoms with van der Waals surface area (Å²) in [5.74, 6) is 1.05. The Hall–Kier alpha value is -0.390. The maximum Gasteiger partial charge on any atom is -0.00601 e. The van der Waals surface area contributed by atoms with E-state index in [1.807, 2.05) is 6.08 Å². The molecule has 0 amide bonds. The second kappa shape index (κ2) is 8.88. The minimum absolute atomic E-state index is 1.05. The molecule has 0 nitrogen and oxygen atoms in total. The average Bonchev–Trinajstić information content (AvgIpc) is 2.75. The predicted molar refractivity (Wildman–Crippen MR) is 71.5 cm³/mol. The van der Waals surface area contributed by atoms with Crippen LogP contribution >= 0.6 is 12.6 Å². The van der Waals surface area contributed by atoms with E-state index in [1.54, 1.807) is 0 Å². The average molecular weight is 222 g/mol. The van der Waals surface area contributed by atoms with Crippen molar-refractivity contribution in [3.8, 4) is 0 Å². The Balaban J connectivity index is 1.81. The van der Waals surface area contributed by atoms with Crippen LogP contribution in [0.3, 0.4) is 0 Å². The first-order chi connectivity index (χ1) is 7.43. The fourth-order valence-corrected chi connectivity index (χ4v) is 2.06. The second-order valence-electron chi connectivity index (χ2n) is 4.14. The molecule has 1 aliphatic carbocycles. The zero-order chi connectivity index (χ0) is 10.8. The van der Waals surface area contributed by atoms with Crippen LogP contribution < -0.4 is 0 Å². The van der Waals surface area contributed by atoms with Gasteiger partial charge in [0, 0.05) is 0 Å². The molecule has 0 aliphatic heterocycles. The first-order valence-electron chi connectivity index (χ1n) is 6.16. The van der Waals surface area contributed by atoms with E-state index >= 15 is 0 Å². The van der Waals surface area contributed by atoms with Gasteiger partial charge in [-0.1, -0.05) is 44.3 Å². The quantitative estimate of drug-likeness (QED) is 0.326. The van der Waals surface area contributed by atoms with Gasteiger partial charge < -0.3 is 0 Å². The Morgan fingerprint density at radius 3 is 2.20 bits per heavy atom. The molecule has 0 heterocycles. The molecule has 0 aromatic heterocycles. The van der Waals surface area contributed by atoms with Gasteiger partial charge in [0.25, 0.3) is 0 Å². The van der Waals surface area contributed by atoms with Crippen molar-refractivity contribution in [3.63, 3.8) is 0 Å². The Kier molecular flexibility index (Phi) is 7.51. The van der Waals surface area contributed by atoms with Gasteiger partial charge in [-0.2, -0.15) is 12.6 Å². The summed E-state index contributed by atoms with van der Waals surface area (Å²) in [4.78, 5) is 0. The van der Waals surface area contributed by atoms with Crippen molar-refractivity contribution in [2.24, 2.45) is 0 Å². The minimum atomic E-state index is 1.05. The summed E-state index contributed by atoms with van der Waals surface area (Å²) in [5, 5.41) is 0. The number of allylic oxidation sites excluding steroid dienone is 3. The van der Waals surface area contributed by atoms with Gasteiger partial charge in [-0.15, -0.1) is 5.73 Å². The largest absolute Gasteiger partial charge is 0.179 e. The van der Waals surface area contributed by atoms with Crippen LogP contribution in [-0.4, -0.2) is 5.75 Å². The molecule has 0 radical (unpaired) electrons. The number of rotatable bonds is 9. The Labute approximate surface area is 99.6 Å². The summed E-state index contributed by atoms with van der Waals surface area (Å²) >= 11 is 4.21. The molecule has 0 saturated heterocycles. The Morgan fingerprint density at radius 1 is 0.933 bits per heavy atom. The molecule has 15 heavy (non-hydrogen) atoms. The molecule has 0 saturated carbocycles. The normalized spacial score (nSPS) is 13.5. The van der Waals surface area contributed by atoms with E-state index in [0.29, 0.717) is 0 Å². The smallest absolute Gasteiger partial charge is 0.00601 e. The van der Waals surface area contributed by atoms with Gasteiger partial charge in [0.2, 0.25) is 0 Å². The SMILES string of the molecule is SCCCCCCCCCC1=C=CC=C1. The molecular formula is C14H22S. The zero-order valence-electron chi connectivity index (χ0n) is 9.54. The highest BCUT2D eigenvalue weighted by atomic mass is 32.1. The van der Waals surface area contributed by atoms with E-state index in [0.717, 1.165) is 5.75 Å². The predicted octanol–water partition coefficient (Wildman–Crippen LogP) is 4.69. The van der Waals surface area contributed by atoms with Crippen LogP contribution in [0.25, 0.3) is 0 Å². The van der Waals surface area contributed by atoms with E-state index in [2.05, 4.69) is 30.5 Å². The highest BCUT2D eigenvalue weighted by Gasteiger charge is 1.95. The lowest BCUT2D eigenvalue weighted by molar-refractivity contribution is 0.591. The number of hydrogen-bond donors (Lipinski definition) is 1. The van der Waals surface area contributed by atoms with E-state index in [9.17, 15) is 0 Å². The molecule has 0 unspecified atom stereocenters. The summed E-state index contributed by atoms with van der Waals surface area (Å²) in [6, 6.07) is 0. The van der Waals surface area contributed by atoms with Gasteiger partial charge in [0.1, 0.15) is 0 Å². The molecule has 0 aromatic rings. The monoisotopic (exact) mass is 222 g/mol. The van der Waals surface area contributed by atoms with E-state index in [1.165, 1.54) is 56.9 Å². The third kappa shape index (κ3) is 6.65. The number of hydrogen-bond acceptors (Lipinski definition) is 1. The van der Waals surface area contributed by atoms with Crippen molar-refractivity contribution in [2.75, 3.05) is 5.75 Å². The highest BCUT2D eigenvalue weighted by molar-refractivity contribution is 7.80. The van der Waals surface area contributed by atoms with Gasteiger partial charge >= 0.3 is 0 Å². The van der Waals surface area contributed by atoms with E-state index < -0.39 is 0 Å². The maximum absolute atomic E-state index is 4.21. The van der Waals surface area contributed by atoms with Crippen LogP contribution in [0.4, 0.5) is 0 Å². The van der Waals surface area contributed by atoms with Crippen molar-refractivity contribution in [1.82, 2.24) is 0 Å². The fraction of sp³-hybridized carbons (Fsp3) is 0.643. The molecule has 0 aromatic carbocycles. The van der Waals surface area contributed by atoms with Gasteiger partial charge in [0.05, 0.1) is 0 Å². The van der Waals surface area contributed by atoms with Crippen LogP contribution in [-0.2, 0) is 0 Å². The maximum atomic E-state index is 4.21. The van der Waals surface area contributed by atoms with Crippen molar-refractivity contribution < 1.29 is 0 Å². The topological polar surface area (TPSA) is 0 Å². The van der Waals surface area contributed by atoms with Crippen LogP contribution in [0.15, 0.2) is 29.5 Å². The molecule has 0 bridgehead atoms. The summed E-state index contributed by atoms with van der Waals surface area (Å²) in [6.45, 7) is 0. The molecule has 1 aliphatic rings. The Morgan fingerprint density at radius 2 is 1.60 bits per heavy atom. The molecular weight excluding hydrogens is 200 g/mol. The molecule has 1 heteroatoms. The number of thiol groups is 1. The Bertz CT molecular complexity index is 244. The lowest BCUT2D eigenvalue weighted by atomic mass is 10.1. The van der Waals surface area contributed by atoms with Crippen molar-refractivity contribution >= 4 is 12.6 Å². The summed E-state index contributed by atoms with van der Waals surface area (Å²) < 4.78 is 0. The van der Waals surface area contributed by atoms with Crippen molar-refractivity contribution in [3.05, 3.63) is 29.5 Å². The standard InChI is InChI=1S/C14H22S/c15-13-9-5-3-1-2-4-6-10-14-11-7-8-12-14/h7-8,11,15H,1-6,9-10,13H2. The molecule has 84 valence electrons. The van der Waals surface area contributed by atoms with Gasteiger partial charge in [-0.25, -0.2) is 0 Å². The number of unbranched alkanes of at least 4 members (excludes halogenated alkanes) is 6. The van der Waals surface area contributed by atoms with Gasteiger partial charge in [0.15, 0.2) is 0 Å². The summed E-state index contributed by atoms with van der Waals surface area (Å²) in [5.41, 5.74) is 4.63. The third-order valence-electron chi connectivity index (χ3n) is 2.77. The van der Waals surface area contributed by atoms with Crippen LogP contribution in [0.5, 0.6) is 0 Å². The molecule has 1 rings (SSSR count). The first kappa shape index (κ1) is 12.7. The van der Waals surface area contributed by atoms with Crippen molar-refractivity contribution in [1.29, 1.82) is 0 Å². The van der Waals surface area contributed by atoms with Crippen LogP contribution in [0.1, 0.15) is 51.4 Å². The summed E-state index contributed by atoms with van der Waals surface area (Å²) in [6.07, 6.45) is 17.0. The zero-order valence-corrected chi connectivity index (χ0v) is 10.4. The molecule has 0 fully saturated rings. The van der Waals surface area contributed by atoms with E-state index in [4.69, 9.17) is 0 Å². The molecule has 0 N–H and O–H groups in total. The third-order valence-corrected chi connectivity index (χ3v) is 3.08. The minimum Gasteiger partial charge on any atom is -0.179 e. The van der Waals surface area contributed by atoms with Gasteiger partial charge in [-0.05, 0) is 36.7 Å². The first-order valence-corrected chi connectivity index (χ1v) is 6.80. The highest BCUT2D eigenvalue weighted by Crippen LogP contribution is 2.14. The second-order valence-corrected chi connectivity index (χ2v) is 4.59.